The molecule has 0 rings (SSSR count). The van der Waals surface area contributed by atoms with E-state index in [-0.39, 0.29) is 0 Å². The smallest absolute Gasteiger partial charge is 0.0206 e. The molecule has 23 heavy (non-hydrogen) atoms. The molecule has 0 aliphatic heterocycles. The van der Waals surface area contributed by atoms with Crippen molar-refractivity contribution in [3.8, 4) is 0 Å². The first kappa shape index (κ1) is 24.2. The summed E-state index contributed by atoms with van der Waals surface area (Å²) in [7, 11) is 0. The van der Waals surface area contributed by atoms with Crippen molar-refractivity contribution in [2.24, 2.45) is 11.8 Å². The standard InChI is InChI=1S/C21H36.C2H6/c1-7-11-14-19(10-4)16-20(15-12-8-2)17-21(13-9-3)18(5)6;1-2/h7-8,11,14,20-21H,2,5,9-10,12-13,15-17H2,1,3-4,6H3;1-2H3/b11-7-,19-14+;. The minimum atomic E-state index is 0.685. The molecular formula is C23H42. The zero-order chi connectivity index (χ0) is 18.1. The molecule has 0 aliphatic rings. The monoisotopic (exact) mass is 318 g/mol. The van der Waals surface area contributed by atoms with Gasteiger partial charge in [0.25, 0.3) is 0 Å². The Kier molecular flexibility index (Phi) is 18.2. The minimum Gasteiger partial charge on any atom is -0.103 e. The highest BCUT2D eigenvalue weighted by Gasteiger charge is 2.17. The van der Waals surface area contributed by atoms with E-state index in [4.69, 9.17) is 0 Å². The lowest BCUT2D eigenvalue weighted by molar-refractivity contribution is 0.364. The number of hydrogen-bond acceptors (Lipinski definition) is 0. The molecule has 0 nitrogen and oxygen atoms in total. The molecule has 0 aliphatic carbocycles. The van der Waals surface area contributed by atoms with Gasteiger partial charge in [-0.3, -0.25) is 0 Å². The van der Waals surface area contributed by atoms with E-state index in [0.29, 0.717) is 5.92 Å². The summed E-state index contributed by atoms with van der Waals surface area (Å²) < 4.78 is 0. The van der Waals surface area contributed by atoms with Gasteiger partial charge in [-0.15, -0.1) is 6.58 Å². The molecule has 0 saturated heterocycles. The fourth-order valence-electron chi connectivity index (χ4n) is 2.91. The van der Waals surface area contributed by atoms with E-state index in [2.05, 4.69) is 65.2 Å². The first-order chi connectivity index (χ1) is 11.1. The Labute approximate surface area is 147 Å². The molecule has 0 radical (unpaired) electrons. The molecule has 0 aromatic rings. The Bertz CT molecular complexity index is 343. The Morgan fingerprint density at radius 1 is 1.13 bits per heavy atom. The largest absolute Gasteiger partial charge is 0.103 e. The molecule has 0 bridgehead atoms. The van der Waals surface area contributed by atoms with Gasteiger partial charge in [0.15, 0.2) is 0 Å². The van der Waals surface area contributed by atoms with E-state index < -0.39 is 0 Å². The summed E-state index contributed by atoms with van der Waals surface area (Å²) >= 11 is 0. The predicted octanol–water partition coefficient (Wildman–Crippen LogP) is 8.28. The highest BCUT2D eigenvalue weighted by atomic mass is 14.2. The summed E-state index contributed by atoms with van der Waals surface area (Å²) in [5, 5.41) is 0. The maximum atomic E-state index is 4.21. The minimum absolute atomic E-state index is 0.685. The van der Waals surface area contributed by atoms with Gasteiger partial charge in [0.1, 0.15) is 0 Å². The highest BCUT2D eigenvalue weighted by Crippen LogP contribution is 2.31. The third-order valence-corrected chi connectivity index (χ3v) is 4.26. The van der Waals surface area contributed by atoms with Crippen molar-refractivity contribution in [1.82, 2.24) is 0 Å². The van der Waals surface area contributed by atoms with Gasteiger partial charge in [-0.1, -0.05) is 76.1 Å². The normalized spacial score (nSPS) is 14.1. The number of rotatable bonds is 12. The molecule has 2 unspecified atom stereocenters. The summed E-state index contributed by atoms with van der Waals surface area (Å²) in [6, 6.07) is 0. The van der Waals surface area contributed by atoms with Gasteiger partial charge in [0.2, 0.25) is 0 Å². The van der Waals surface area contributed by atoms with Crippen molar-refractivity contribution in [3.63, 3.8) is 0 Å². The van der Waals surface area contributed by atoms with Crippen molar-refractivity contribution in [1.29, 1.82) is 0 Å². The van der Waals surface area contributed by atoms with Crippen LogP contribution in [0.25, 0.3) is 0 Å². The second kappa shape index (κ2) is 17.3. The van der Waals surface area contributed by atoms with E-state index in [1.54, 1.807) is 5.57 Å². The van der Waals surface area contributed by atoms with Crippen LogP contribution in [0.4, 0.5) is 0 Å². The molecule has 0 amide bonds. The van der Waals surface area contributed by atoms with Gasteiger partial charge >= 0.3 is 0 Å². The van der Waals surface area contributed by atoms with E-state index in [1.807, 2.05) is 13.8 Å². The quantitative estimate of drug-likeness (QED) is 0.251. The lowest BCUT2D eigenvalue weighted by atomic mass is 9.81. The number of allylic oxidation sites excluding steroid dienone is 6. The summed E-state index contributed by atoms with van der Waals surface area (Å²) in [6.07, 6.45) is 17.2. The van der Waals surface area contributed by atoms with Gasteiger partial charge in [-0.25, -0.2) is 0 Å². The Hall–Kier alpha value is -1.04. The molecule has 2 atom stereocenters. The van der Waals surface area contributed by atoms with Gasteiger partial charge in [0.05, 0.1) is 0 Å². The average molecular weight is 319 g/mol. The van der Waals surface area contributed by atoms with Gasteiger partial charge in [-0.05, 0) is 64.2 Å². The zero-order valence-electron chi connectivity index (χ0n) is 16.8. The van der Waals surface area contributed by atoms with Crippen molar-refractivity contribution in [3.05, 3.63) is 48.6 Å². The second-order valence-electron chi connectivity index (χ2n) is 6.21. The third kappa shape index (κ3) is 13.1. The lowest BCUT2D eigenvalue weighted by Crippen LogP contribution is -2.11. The molecule has 0 heteroatoms. The van der Waals surface area contributed by atoms with E-state index >= 15 is 0 Å². The van der Waals surface area contributed by atoms with Crippen LogP contribution >= 0.6 is 0 Å². The van der Waals surface area contributed by atoms with Crippen LogP contribution in [0.5, 0.6) is 0 Å². The lowest BCUT2D eigenvalue weighted by Gasteiger charge is -2.24. The first-order valence-corrected chi connectivity index (χ1v) is 9.65. The van der Waals surface area contributed by atoms with Crippen molar-refractivity contribution < 1.29 is 0 Å². The summed E-state index contributed by atoms with van der Waals surface area (Å²) in [4.78, 5) is 0. The van der Waals surface area contributed by atoms with Crippen LogP contribution in [0.2, 0.25) is 0 Å². The fraction of sp³-hybridized carbons (Fsp3) is 0.652. The molecule has 0 aromatic heterocycles. The maximum Gasteiger partial charge on any atom is -0.0206 e. The fourth-order valence-corrected chi connectivity index (χ4v) is 2.91. The van der Waals surface area contributed by atoms with E-state index in [0.717, 1.165) is 18.8 Å². The Morgan fingerprint density at radius 2 is 1.78 bits per heavy atom. The van der Waals surface area contributed by atoms with Gasteiger partial charge < -0.3 is 0 Å². The van der Waals surface area contributed by atoms with Crippen LogP contribution < -0.4 is 0 Å². The molecule has 0 fully saturated rings. The predicted molar refractivity (Wildman–Crippen MR) is 110 cm³/mol. The SMILES string of the molecule is C=CCCC(C/C(=C/C=C\C)CC)CC(CCC)C(=C)C.CC. The third-order valence-electron chi connectivity index (χ3n) is 4.26. The van der Waals surface area contributed by atoms with Crippen LogP contribution in [-0.4, -0.2) is 0 Å². The maximum absolute atomic E-state index is 4.21. The summed E-state index contributed by atoms with van der Waals surface area (Å²) in [6.45, 7) is 20.9. The molecule has 0 saturated carbocycles. The zero-order valence-corrected chi connectivity index (χ0v) is 16.8. The van der Waals surface area contributed by atoms with E-state index in [9.17, 15) is 0 Å². The van der Waals surface area contributed by atoms with Crippen molar-refractivity contribution in [2.45, 2.75) is 86.5 Å². The Balaban J connectivity index is 0. The molecule has 0 heterocycles. The second-order valence-corrected chi connectivity index (χ2v) is 6.21. The van der Waals surface area contributed by atoms with Crippen LogP contribution in [0.15, 0.2) is 48.6 Å². The van der Waals surface area contributed by atoms with Crippen molar-refractivity contribution in [2.75, 3.05) is 0 Å². The van der Waals surface area contributed by atoms with Crippen molar-refractivity contribution >= 4 is 0 Å². The van der Waals surface area contributed by atoms with E-state index in [1.165, 1.54) is 37.7 Å². The first-order valence-electron chi connectivity index (χ1n) is 9.65. The van der Waals surface area contributed by atoms with Crippen LogP contribution in [0.3, 0.4) is 0 Å². The van der Waals surface area contributed by atoms with Gasteiger partial charge in [0, 0.05) is 0 Å². The summed E-state index contributed by atoms with van der Waals surface area (Å²) in [5.74, 6) is 1.44. The van der Waals surface area contributed by atoms with Crippen LogP contribution in [0.1, 0.15) is 86.5 Å². The Morgan fingerprint density at radius 3 is 2.22 bits per heavy atom. The topological polar surface area (TPSA) is 0 Å². The molecule has 0 N–H and O–H groups in total. The number of hydrogen-bond donors (Lipinski definition) is 0. The average Bonchev–Trinajstić information content (AvgIpc) is 2.57. The molecular weight excluding hydrogens is 276 g/mol. The van der Waals surface area contributed by atoms with Crippen LogP contribution in [0, 0.1) is 11.8 Å². The van der Waals surface area contributed by atoms with Gasteiger partial charge in [-0.2, -0.15) is 0 Å². The molecule has 134 valence electrons. The summed E-state index contributed by atoms with van der Waals surface area (Å²) in [5.41, 5.74) is 2.93. The van der Waals surface area contributed by atoms with Crippen LogP contribution in [-0.2, 0) is 0 Å². The molecule has 0 aromatic carbocycles. The molecule has 0 spiro atoms. The highest BCUT2D eigenvalue weighted by molar-refractivity contribution is 5.12.